The van der Waals surface area contributed by atoms with Crippen LogP contribution in [0.4, 0.5) is 9.59 Å². The smallest absolute Gasteiger partial charge is 0.408 e. The lowest BCUT2D eigenvalue weighted by molar-refractivity contribution is 0.131. The van der Waals surface area contributed by atoms with E-state index in [1.807, 2.05) is 133 Å². The summed E-state index contributed by atoms with van der Waals surface area (Å²) >= 11 is 0. The fraction of sp³-hybridized carbons (Fsp3) is 0.130. The third kappa shape index (κ3) is 9.14. The Morgan fingerprint density at radius 1 is 0.500 bits per heavy atom. The van der Waals surface area contributed by atoms with E-state index in [9.17, 15) is 9.59 Å². The highest BCUT2D eigenvalue weighted by Crippen LogP contribution is 2.39. The van der Waals surface area contributed by atoms with Crippen LogP contribution in [0.1, 0.15) is 69.1 Å². The van der Waals surface area contributed by atoms with Crippen molar-refractivity contribution >= 4 is 12.2 Å². The number of carbonyl (C=O) groups excluding carboxylic acids is 2. The molecule has 0 radical (unpaired) electrons. The molecule has 2 aromatic heterocycles. The number of carbonyl (C=O) groups is 2. The number of ether oxygens (including phenoxy) is 4. The van der Waals surface area contributed by atoms with Crippen LogP contribution >= 0.6 is 0 Å². The summed E-state index contributed by atoms with van der Waals surface area (Å²) in [6, 6.07) is 41.3. The van der Waals surface area contributed by atoms with E-state index in [-0.39, 0.29) is 12.1 Å². The predicted octanol–water partition coefficient (Wildman–Crippen LogP) is 8.02. The number of alkyl carbamates (subject to hydrolysis) is 2. The van der Waals surface area contributed by atoms with E-state index in [1.165, 1.54) is 0 Å². The van der Waals surface area contributed by atoms with Gasteiger partial charge >= 0.3 is 12.2 Å². The van der Waals surface area contributed by atoms with E-state index in [0.717, 1.165) is 33.4 Å². The minimum atomic E-state index is -0.458. The minimum Gasteiger partial charge on any atom is -0.497 e. The van der Waals surface area contributed by atoms with Crippen LogP contribution in [0.25, 0.3) is 0 Å². The summed E-state index contributed by atoms with van der Waals surface area (Å²) in [5.41, 5.74) is 6.58. The second-order valence-electron chi connectivity index (χ2n) is 12.6. The van der Waals surface area contributed by atoms with Gasteiger partial charge in [0, 0.05) is 23.5 Å². The van der Waals surface area contributed by atoms with Crippen LogP contribution in [-0.4, -0.2) is 36.4 Å². The van der Waals surface area contributed by atoms with Crippen LogP contribution < -0.4 is 20.1 Å². The van der Waals surface area contributed by atoms with Crippen LogP contribution in [0.2, 0.25) is 0 Å². The van der Waals surface area contributed by atoms with Crippen molar-refractivity contribution in [3.05, 3.63) is 191 Å². The minimum absolute atomic E-state index is 0.333. The van der Waals surface area contributed by atoms with E-state index in [1.54, 1.807) is 26.6 Å². The Kier molecular flexibility index (Phi) is 11.5. The third-order valence-corrected chi connectivity index (χ3v) is 8.97. The maximum Gasteiger partial charge on any atom is 0.408 e. The normalized spacial score (nSPS) is 17.8. The number of rotatable bonds is 6. The lowest BCUT2D eigenvalue weighted by Gasteiger charge is -2.18. The average Bonchev–Trinajstić information content (AvgIpc) is 3.86. The molecule has 2 aliphatic heterocycles. The quantitative estimate of drug-likeness (QED) is 0.165. The summed E-state index contributed by atoms with van der Waals surface area (Å²) in [5.74, 6) is 13.8. The number of aromatic nitrogens is 2. The molecule has 0 aliphatic carbocycles. The molecule has 2 fully saturated rings. The van der Waals surface area contributed by atoms with Crippen molar-refractivity contribution < 1.29 is 28.5 Å². The number of nitrogens with one attached hydrogen (secondary N) is 2. The Morgan fingerprint density at radius 2 is 0.929 bits per heavy atom. The molecule has 2 saturated heterocycles. The second-order valence-corrected chi connectivity index (χ2v) is 12.6. The molecule has 2 N–H and O–H groups in total. The molecule has 10 nitrogen and oxygen atoms in total. The van der Waals surface area contributed by atoms with Crippen molar-refractivity contribution in [1.82, 2.24) is 20.6 Å². The second kappa shape index (κ2) is 17.5. The van der Waals surface area contributed by atoms with Gasteiger partial charge in [-0.1, -0.05) is 72.5 Å². The molecule has 6 aromatic rings. The summed E-state index contributed by atoms with van der Waals surface area (Å²) in [7, 11) is 3.21. The molecule has 4 aromatic carbocycles. The zero-order chi connectivity index (χ0) is 38.7. The van der Waals surface area contributed by atoms with Gasteiger partial charge in [0.1, 0.15) is 22.9 Å². The van der Waals surface area contributed by atoms with Crippen LogP contribution in [0.15, 0.2) is 146 Å². The lowest BCUT2D eigenvalue weighted by atomic mass is 9.96. The Morgan fingerprint density at radius 3 is 1.34 bits per heavy atom. The van der Waals surface area contributed by atoms with Gasteiger partial charge in [0.15, 0.2) is 12.2 Å². The largest absolute Gasteiger partial charge is 0.497 e. The number of nitrogens with zero attached hydrogens (tertiary/aromatic N) is 2. The first-order chi connectivity index (χ1) is 27.4. The first-order valence-electron chi connectivity index (χ1n) is 17.7. The maximum atomic E-state index is 12.0. The van der Waals surface area contributed by atoms with Gasteiger partial charge in [-0.25, -0.2) is 19.6 Å². The maximum absolute atomic E-state index is 12.0. The molecule has 10 heteroatoms. The molecule has 276 valence electrons. The Balaban J connectivity index is 0.000000172. The number of hydrogen-bond donors (Lipinski definition) is 2. The van der Waals surface area contributed by atoms with Gasteiger partial charge in [-0.3, -0.25) is 0 Å². The first-order valence-corrected chi connectivity index (χ1v) is 17.7. The Bertz CT molecular complexity index is 2280. The highest BCUT2D eigenvalue weighted by atomic mass is 16.6. The van der Waals surface area contributed by atoms with Crippen molar-refractivity contribution in [3.63, 3.8) is 0 Å². The van der Waals surface area contributed by atoms with Gasteiger partial charge in [-0.2, -0.15) is 0 Å². The topological polar surface area (TPSA) is 121 Å². The highest BCUT2D eigenvalue weighted by molar-refractivity contribution is 5.72. The van der Waals surface area contributed by atoms with Crippen molar-refractivity contribution in [3.8, 4) is 35.2 Å². The SMILES string of the molecule is COc1cccc([C@@H]2OC(=O)N[C@H]2c2ccnc(C#Cc3ccccc3)c2)c1.COc1cccc([C@H]2OC(=O)N[C@@H]2c2ccnc(C#Cc3ccccc3)c2)c1. The first kappa shape index (κ1) is 36.8. The molecule has 2 amide bonds. The van der Waals surface area contributed by atoms with E-state index < -0.39 is 24.4 Å². The summed E-state index contributed by atoms with van der Waals surface area (Å²) in [6.07, 6.45) is 1.56. The van der Waals surface area contributed by atoms with Crippen LogP contribution in [-0.2, 0) is 9.47 Å². The number of amides is 2. The van der Waals surface area contributed by atoms with Gasteiger partial charge in [0.2, 0.25) is 0 Å². The standard InChI is InChI=1S/2C23H18N2O3/c2*1-27-20-9-5-8-18(15-20)22-21(25-23(26)28-22)17-12-13-24-19(14-17)11-10-16-6-3-2-4-7-16/h2*2-9,12-15,21-22H,1H3,(H,25,26)/t2*21-,22-/m10/s1. The molecule has 2 aliphatic rings. The van der Waals surface area contributed by atoms with Crippen molar-refractivity contribution in [2.45, 2.75) is 24.3 Å². The summed E-state index contributed by atoms with van der Waals surface area (Å²) in [4.78, 5) is 32.6. The molecule has 0 bridgehead atoms. The van der Waals surface area contributed by atoms with Gasteiger partial charge < -0.3 is 29.6 Å². The van der Waals surface area contributed by atoms with Crippen molar-refractivity contribution in [1.29, 1.82) is 0 Å². The molecular weight excluding hydrogens is 705 g/mol. The zero-order valence-electron chi connectivity index (χ0n) is 30.5. The van der Waals surface area contributed by atoms with Crippen LogP contribution in [0.5, 0.6) is 11.5 Å². The molecular formula is C46H36N4O6. The molecule has 56 heavy (non-hydrogen) atoms. The molecule has 4 atom stereocenters. The zero-order valence-corrected chi connectivity index (χ0v) is 30.5. The van der Waals surface area contributed by atoms with Gasteiger partial charge in [-0.15, -0.1) is 0 Å². The third-order valence-electron chi connectivity index (χ3n) is 8.97. The number of hydrogen-bond acceptors (Lipinski definition) is 8. The fourth-order valence-corrected chi connectivity index (χ4v) is 6.25. The number of benzene rings is 4. The molecule has 0 spiro atoms. The molecule has 4 heterocycles. The molecule has 8 rings (SSSR count). The van der Waals surface area contributed by atoms with Crippen molar-refractivity contribution in [2.75, 3.05) is 14.2 Å². The summed E-state index contributed by atoms with van der Waals surface area (Å²) in [5, 5.41) is 5.76. The van der Waals surface area contributed by atoms with Gasteiger partial charge in [0.05, 0.1) is 26.3 Å². The Hall–Kier alpha value is -7.56. The summed E-state index contributed by atoms with van der Waals surface area (Å²) in [6.45, 7) is 0. The van der Waals surface area contributed by atoms with Gasteiger partial charge in [0.25, 0.3) is 0 Å². The monoisotopic (exact) mass is 740 g/mol. The number of cyclic esters (lactones) is 2. The fourth-order valence-electron chi connectivity index (χ4n) is 6.25. The van der Waals surface area contributed by atoms with Crippen LogP contribution in [0.3, 0.4) is 0 Å². The highest BCUT2D eigenvalue weighted by Gasteiger charge is 2.38. The average molecular weight is 741 g/mol. The van der Waals surface area contributed by atoms with Crippen LogP contribution in [0, 0.1) is 23.7 Å². The Labute approximate surface area is 324 Å². The van der Waals surface area contributed by atoms with E-state index >= 15 is 0 Å². The lowest BCUT2D eigenvalue weighted by Crippen LogP contribution is -2.19. The number of pyridine rings is 2. The predicted molar refractivity (Wildman–Crippen MR) is 210 cm³/mol. The van der Waals surface area contributed by atoms with E-state index in [2.05, 4.69) is 44.3 Å². The van der Waals surface area contributed by atoms with E-state index in [0.29, 0.717) is 22.9 Å². The van der Waals surface area contributed by atoms with Gasteiger partial charge in [-0.05, 0) is 107 Å². The molecule has 0 saturated carbocycles. The molecule has 0 unspecified atom stereocenters. The number of methoxy groups -OCH3 is 2. The summed E-state index contributed by atoms with van der Waals surface area (Å²) < 4.78 is 21.6. The van der Waals surface area contributed by atoms with E-state index in [4.69, 9.17) is 18.9 Å². The van der Waals surface area contributed by atoms with Crippen molar-refractivity contribution in [2.24, 2.45) is 0 Å².